The molecule has 0 aromatic heterocycles. The number of likely N-dealkylation sites (tertiary alicyclic amines) is 1. The molecule has 0 bridgehead atoms. The van der Waals surface area contributed by atoms with E-state index in [9.17, 15) is 0 Å². The van der Waals surface area contributed by atoms with Crippen LogP contribution in [0.15, 0.2) is 12.1 Å². The number of rotatable bonds is 8. The summed E-state index contributed by atoms with van der Waals surface area (Å²) in [7, 11) is 0. The molecule has 0 amide bonds. The first kappa shape index (κ1) is 20.6. The number of nitrogens with zero attached hydrogens (tertiary/aromatic N) is 2. The van der Waals surface area contributed by atoms with Crippen molar-refractivity contribution in [3.63, 3.8) is 0 Å². The van der Waals surface area contributed by atoms with E-state index in [-0.39, 0.29) is 12.4 Å². The molecule has 2 saturated heterocycles. The number of hydrogen-bond acceptors (Lipinski definition) is 5. The van der Waals surface area contributed by atoms with Gasteiger partial charge in [0.2, 0.25) is 0 Å². The molecule has 2 heterocycles. The highest BCUT2D eigenvalue weighted by atomic mass is 35.5. The van der Waals surface area contributed by atoms with Crippen LogP contribution in [0.3, 0.4) is 0 Å². The van der Waals surface area contributed by atoms with Crippen molar-refractivity contribution in [1.82, 2.24) is 10.2 Å². The van der Waals surface area contributed by atoms with Crippen LogP contribution in [0.25, 0.3) is 0 Å². The van der Waals surface area contributed by atoms with Crippen LogP contribution in [0.5, 0.6) is 5.75 Å². The van der Waals surface area contributed by atoms with E-state index >= 15 is 0 Å². The molecule has 2 aliphatic heterocycles. The molecule has 5 nitrogen and oxygen atoms in total. The number of halogens is 1. The molecule has 0 radical (unpaired) electrons. The zero-order chi connectivity index (χ0) is 17.8. The van der Waals surface area contributed by atoms with Crippen LogP contribution in [0.1, 0.15) is 31.2 Å². The third kappa shape index (κ3) is 5.66. The fourth-order valence-electron chi connectivity index (χ4n) is 4.03. The van der Waals surface area contributed by atoms with Crippen molar-refractivity contribution in [3.8, 4) is 5.75 Å². The van der Waals surface area contributed by atoms with Crippen LogP contribution in [-0.4, -0.2) is 63.9 Å². The van der Waals surface area contributed by atoms with Crippen molar-refractivity contribution in [2.75, 3.05) is 69.2 Å². The number of hydrogen-bond donors (Lipinski definition) is 2. The van der Waals surface area contributed by atoms with E-state index in [0.29, 0.717) is 0 Å². The lowest BCUT2D eigenvalue weighted by atomic mass is 10.1. The third-order valence-corrected chi connectivity index (χ3v) is 5.94. The summed E-state index contributed by atoms with van der Waals surface area (Å²) in [6, 6.07) is 4.47. The smallest absolute Gasteiger partial charge is 0.123 e. The van der Waals surface area contributed by atoms with Crippen LogP contribution >= 0.6 is 12.4 Å². The summed E-state index contributed by atoms with van der Waals surface area (Å²) in [6.45, 7) is 12.0. The number of benzene rings is 1. The van der Waals surface area contributed by atoms with Crippen LogP contribution in [0.4, 0.5) is 11.4 Å². The summed E-state index contributed by atoms with van der Waals surface area (Å²) in [5.41, 5.74) is 3.93. The first-order chi connectivity index (χ1) is 12.8. The number of piperazine rings is 1. The largest absolute Gasteiger partial charge is 0.493 e. The second-order valence-electron chi connectivity index (χ2n) is 8.08. The third-order valence-electron chi connectivity index (χ3n) is 5.94. The predicted octanol–water partition coefficient (Wildman–Crippen LogP) is 3.12. The molecule has 4 rings (SSSR count). The van der Waals surface area contributed by atoms with Crippen LogP contribution in [0, 0.1) is 12.8 Å². The quantitative estimate of drug-likeness (QED) is 0.708. The Balaban J connectivity index is 0.00000210. The molecule has 27 heavy (non-hydrogen) atoms. The highest BCUT2D eigenvalue weighted by Gasteiger charge is 2.23. The Morgan fingerprint density at radius 1 is 1.11 bits per heavy atom. The first-order valence-corrected chi connectivity index (χ1v) is 10.5. The van der Waals surface area contributed by atoms with Crippen molar-refractivity contribution >= 4 is 23.8 Å². The molecule has 1 aromatic rings. The summed E-state index contributed by atoms with van der Waals surface area (Å²) in [6.07, 6.45) is 5.38. The van der Waals surface area contributed by atoms with Gasteiger partial charge in [0.15, 0.2) is 0 Å². The predicted molar refractivity (Wildman–Crippen MR) is 116 cm³/mol. The van der Waals surface area contributed by atoms with E-state index in [1.165, 1.54) is 55.7 Å². The van der Waals surface area contributed by atoms with Crippen LogP contribution < -0.4 is 20.3 Å². The average Bonchev–Trinajstić information content (AvgIpc) is 3.36. The normalized spacial score (nSPS) is 20.4. The lowest BCUT2D eigenvalue weighted by molar-refractivity contribution is 0.300. The van der Waals surface area contributed by atoms with Crippen LogP contribution in [0.2, 0.25) is 0 Å². The molecule has 3 fully saturated rings. The summed E-state index contributed by atoms with van der Waals surface area (Å²) in [5.74, 6) is 1.81. The Labute approximate surface area is 170 Å². The summed E-state index contributed by atoms with van der Waals surface area (Å²) in [4.78, 5) is 5.06. The number of anilines is 2. The van der Waals surface area contributed by atoms with Gasteiger partial charge in [0.25, 0.3) is 0 Å². The van der Waals surface area contributed by atoms with Gasteiger partial charge in [0, 0.05) is 62.8 Å². The zero-order valence-corrected chi connectivity index (χ0v) is 17.5. The van der Waals surface area contributed by atoms with Crippen molar-refractivity contribution < 1.29 is 4.74 Å². The maximum absolute atomic E-state index is 6.14. The molecule has 1 aliphatic carbocycles. The Morgan fingerprint density at radius 2 is 1.85 bits per heavy atom. The summed E-state index contributed by atoms with van der Waals surface area (Å²) in [5, 5.41) is 7.15. The first-order valence-electron chi connectivity index (χ1n) is 10.5. The standard InChI is InChI=1S/C21H34N4O.ClH/c1-17-20(23-8-11-24-9-2-3-10-24)14-19(26-16-18-4-5-18)15-21(17)25-12-6-22-7-13-25;/h14-15,18,22-23H,2-13,16H2,1H3;1H. The van der Waals surface area contributed by atoms with Crippen molar-refractivity contribution in [1.29, 1.82) is 0 Å². The topological polar surface area (TPSA) is 39.8 Å². The monoisotopic (exact) mass is 394 g/mol. The summed E-state index contributed by atoms with van der Waals surface area (Å²) >= 11 is 0. The Morgan fingerprint density at radius 3 is 2.56 bits per heavy atom. The molecular weight excluding hydrogens is 360 g/mol. The van der Waals surface area contributed by atoms with Gasteiger partial charge in [-0.3, -0.25) is 0 Å². The molecule has 2 N–H and O–H groups in total. The van der Waals surface area contributed by atoms with Gasteiger partial charge in [-0.05, 0) is 57.2 Å². The van der Waals surface area contributed by atoms with E-state index in [2.05, 4.69) is 39.5 Å². The molecule has 1 aromatic carbocycles. The molecule has 0 unspecified atom stereocenters. The SMILES string of the molecule is Cc1c(NCCN2CCCC2)cc(OCC2CC2)cc1N1CCNCC1.Cl. The van der Waals surface area contributed by atoms with E-state index in [1.54, 1.807) is 0 Å². The highest BCUT2D eigenvalue weighted by Crippen LogP contribution is 2.35. The Kier molecular flexibility index (Phi) is 7.50. The van der Waals surface area contributed by atoms with E-state index in [4.69, 9.17) is 4.74 Å². The van der Waals surface area contributed by atoms with Gasteiger partial charge in [0.05, 0.1) is 6.61 Å². The van der Waals surface area contributed by atoms with Crippen molar-refractivity contribution in [2.45, 2.75) is 32.6 Å². The molecule has 6 heteroatoms. The Hall–Kier alpha value is -1.17. The van der Waals surface area contributed by atoms with Gasteiger partial charge in [0.1, 0.15) is 5.75 Å². The van der Waals surface area contributed by atoms with Crippen molar-refractivity contribution in [2.24, 2.45) is 5.92 Å². The van der Waals surface area contributed by atoms with Crippen LogP contribution in [-0.2, 0) is 0 Å². The maximum atomic E-state index is 6.14. The molecular formula is C21H35ClN4O. The van der Waals surface area contributed by atoms with Crippen molar-refractivity contribution in [3.05, 3.63) is 17.7 Å². The number of ether oxygens (including phenoxy) is 1. The van der Waals surface area contributed by atoms with E-state index in [0.717, 1.165) is 57.5 Å². The average molecular weight is 395 g/mol. The van der Waals surface area contributed by atoms with Gasteiger partial charge in [-0.1, -0.05) is 0 Å². The van der Waals surface area contributed by atoms with Gasteiger partial charge in [-0.2, -0.15) is 0 Å². The highest BCUT2D eigenvalue weighted by molar-refractivity contribution is 5.85. The second-order valence-corrected chi connectivity index (χ2v) is 8.08. The zero-order valence-electron chi connectivity index (χ0n) is 16.6. The fourth-order valence-corrected chi connectivity index (χ4v) is 4.03. The minimum atomic E-state index is 0. The lowest BCUT2D eigenvalue weighted by Crippen LogP contribution is -2.43. The Bertz CT molecular complexity index is 596. The summed E-state index contributed by atoms with van der Waals surface area (Å²) < 4.78 is 6.14. The van der Waals surface area contributed by atoms with E-state index < -0.39 is 0 Å². The van der Waals surface area contributed by atoms with E-state index in [1.807, 2.05) is 0 Å². The lowest BCUT2D eigenvalue weighted by Gasteiger charge is -2.32. The number of nitrogens with one attached hydrogen (secondary N) is 2. The molecule has 0 atom stereocenters. The maximum Gasteiger partial charge on any atom is 0.123 e. The van der Waals surface area contributed by atoms with Gasteiger partial charge < -0.3 is 25.2 Å². The molecule has 3 aliphatic rings. The van der Waals surface area contributed by atoms with Gasteiger partial charge in [-0.15, -0.1) is 12.4 Å². The second kappa shape index (κ2) is 9.85. The van der Waals surface area contributed by atoms with Gasteiger partial charge in [-0.25, -0.2) is 0 Å². The molecule has 0 spiro atoms. The minimum absolute atomic E-state index is 0. The minimum Gasteiger partial charge on any atom is -0.493 e. The fraction of sp³-hybridized carbons (Fsp3) is 0.714. The molecule has 1 saturated carbocycles. The molecule has 152 valence electrons. The van der Waals surface area contributed by atoms with Gasteiger partial charge >= 0.3 is 0 Å².